The molecule has 2 atom stereocenters. The third-order valence-corrected chi connectivity index (χ3v) is 3.33. The van der Waals surface area contributed by atoms with E-state index >= 15 is 0 Å². The second-order valence-corrected chi connectivity index (χ2v) is 4.34. The van der Waals surface area contributed by atoms with E-state index in [9.17, 15) is 0 Å². The van der Waals surface area contributed by atoms with Crippen molar-refractivity contribution in [2.24, 2.45) is 11.7 Å². The number of thiophene rings is 1. The second-order valence-electron chi connectivity index (χ2n) is 3.56. The SMILES string of the molecule is NC(c1ccsc1)C1CCCOC1. The Balaban J connectivity index is 1.99. The lowest BCUT2D eigenvalue weighted by Gasteiger charge is -2.27. The van der Waals surface area contributed by atoms with E-state index < -0.39 is 0 Å². The van der Waals surface area contributed by atoms with Crippen molar-refractivity contribution in [1.82, 2.24) is 0 Å². The van der Waals surface area contributed by atoms with Gasteiger partial charge in [-0.1, -0.05) is 0 Å². The Morgan fingerprint density at radius 2 is 2.54 bits per heavy atom. The van der Waals surface area contributed by atoms with Crippen LogP contribution in [-0.2, 0) is 4.74 Å². The first-order chi connectivity index (χ1) is 6.38. The van der Waals surface area contributed by atoms with Gasteiger partial charge in [-0.2, -0.15) is 11.3 Å². The van der Waals surface area contributed by atoms with Crippen molar-refractivity contribution in [2.75, 3.05) is 13.2 Å². The molecule has 1 aliphatic heterocycles. The van der Waals surface area contributed by atoms with Crippen molar-refractivity contribution in [3.05, 3.63) is 22.4 Å². The van der Waals surface area contributed by atoms with Crippen LogP contribution in [-0.4, -0.2) is 13.2 Å². The Bertz CT molecular complexity index is 241. The highest BCUT2D eigenvalue weighted by Crippen LogP contribution is 2.27. The van der Waals surface area contributed by atoms with Gasteiger partial charge in [-0.3, -0.25) is 0 Å². The average Bonchev–Trinajstić information content (AvgIpc) is 2.71. The molecule has 72 valence electrons. The number of hydrogen-bond acceptors (Lipinski definition) is 3. The topological polar surface area (TPSA) is 35.2 Å². The lowest BCUT2D eigenvalue weighted by atomic mass is 9.91. The zero-order chi connectivity index (χ0) is 9.10. The molecule has 13 heavy (non-hydrogen) atoms. The van der Waals surface area contributed by atoms with Crippen LogP contribution >= 0.6 is 11.3 Å². The molecule has 1 aromatic heterocycles. The summed E-state index contributed by atoms with van der Waals surface area (Å²) in [7, 11) is 0. The summed E-state index contributed by atoms with van der Waals surface area (Å²) in [6, 6.07) is 2.29. The molecule has 0 amide bonds. The summed E-state index contributed by atoms with van der Waals surface area (Å²) in [5, 5.41) is 4.22. The smallest absolute Gasteiger partial charge is 0.0512 e. The summed E-state index contributed by atoms with van der Waals surface area (Å²) in [4.78, 5) is 0. The Morgan fingerprint density at radius 3 is 3.15 bits per heavy atom. The fraction of sp³-hybridized carbons (Fsp3) is 0.600. The number of rotatable bonds is 2. The molecule has 0 radical (unpaired) electrons. The summed E-state index contributed by atoms with van der Waals surface area (Å²) < 4.78 is 5.42. The van der Waals surface area contributed by atoms with Gasteiger partial charge in [0.15, 0.2) is 0 Å². The lowest BCUT2D eigenvalue weighted by molar-refractivity contribution is 0.0448. The standard InChI is InChI=1S/C10H15NOS/c11-10(9-3-5-13-7-9)8-2-1-4-12-6-8/h3,5,7-8,10H,1-2,4,6,11H2. The van der Waals surface area contributed by atoms with Crippen molar-refractivity contribution >= 4 is 11.3 Å². The molecule has 0 bridgehead atoms. The molecule has 2 rings (SSSR count). The third kappa shape index (κ3) is 2.10. The van der Waals surface area contributed by atoms with Crippen LogP contribution in [0.5, 0.6) is 0 Å². The van der Waals surface area contributed by atoms with Crippen LogP contribution in [0.1, 0.15) is 24.4 Å². The van der Waals surface area contributed by atoms with E-state index in [1.54, 1.807) is 11.3 Å². The molecule has 0 spiro atoms. The first kappa shape index (κ1) is 9.19. The van der Waals surface area contributed by atoms with Gasteiger partial charge >= 0.3 is 0 Å². The van der Waals surface area contributed by atoms with Crippen LogP contribution in [0.25, 0.3) is 0 Å². The van der Waals surface area contributed by atoms with E-state index in [0.29, 0.717) is 5.92 Å². The molecule has 2 nitrogen and oxygen atoms in total. The minimum absolute atomic E-state index is 0.173. The van der Waals surface area contributed by atoms with Gasteiger partial charge in [0.25, 0.3) is 0 Å². The predicted molar refractivity (Wildman–Crippen MR) is 54.8 cm³/mol. The lowest BCUT2D eigenvalue weighted by Crippen LogP contribution is -2.28. The van der Waals surface area contributed by atoms with Gasteiger partial charge in [0.1, 0.15) is 0 Å². The van der Waals surface area contributed by atoms with Crippen molar-refractivity contribution in [2.45, 2.75) is 18.9 Å². The first-order valence-electron chi connectivity index (χ1n) is 4.73. The highest BCUT2D eigenvalue weighted by molar-refractivity contribution is 7.07. The maximum atomic E-state index is 6.14. The number of hydrogen-bond donors (Lipinski definition) is 1. The minimum atomic E-state index is 0.173. The molecule has 1 fully saturated rings. The average molecular weight is 197 g/mol. The van der Waals surface area contributed by atoms with E-state index in [2.05, 4.69) is 16.8 Å². The maximum Gasteiger partial charge on any atom is 0.0512 e. The van der Waals surface area contributed by atoms with Gasteiger partial charge in [-0.05, 0) is 35.2 Å². The minimum Gasteiger partial charge on any atom is -0.381 e. The van der Waals surface area contributed by atoms with Crippen molar-refractivity contribution in [3.8, 4) is 0 Å². The van der Waals surface area contributed by atoms with Crippen molar-refractivity contribution in [3.63, 3.8) is 0 Å². The van der Waals surface area contributed by atoms with Crippen LogP contribution in [0.2, 0.25) is 0 Å². The fourth-order valence-electron chi connectivity index (χ4n) is 1.79. The summed E-state index contributed by atoms with van der Waals surface area (Å²) >= 11 is 1.71. The largest absolute Gasteiger partial charge is 0.381 e. The molecule has 1 saturated heterocycles. The van der Waals surface area contributed by atoms with Crippen molar-refractivity contribution in [1.29, 1.82) is 0 Å². The van der Waals surface area contributed by atoms with Crippen LogP contribution in [0, 0.1) is 5.92 Å². The van der Waals surface area contributed by atoms with E-state index in [1.165, 1.54) is 12.0 Å². The predicted octanol–water partition coefficient (Wildman–Crippen LogP) is 2.17. The molecule has 1 aromatic rings. The molecule has 2 N–H and O–H groups in total. The molecular formula is C10H15NOS. The molecular weight excluding hydrogens is 182 g/mol. The highest BCUT2D eigenvalue weighted by atomic mass is 32.1. The Kier molecular flexibility index (Phi) is 2.98. The van der Waals surface area contributed by atoms with Crippen LogP contribution in [0.15, 0.2) is 16.8 Å². The monoisotopic (exact) mass is 197 g/mol. The van der Waals surface area contributed by atoms with Gasteiger partial charge in [-0.25, -0.2) is 0 Å². The number of nitrogens with two attached hydrogens (primary N) is 1. The van der Waals surface area contributed by atoms with Gasteiger partial charge in [0.05, 0.1) is 6.61 Å². The zero-order valence-corrected chi connectivity index (χ0v) is 8.43. The van der Waals surface area contributed by atoms with Crippen LogP contribution < -0.4 is 5.73 Å². The van der Waals surface area contributed by atoms with Gasteiger partial charge in [0, 0.05) is 18.6 Å². The third-order valence-electron chi connectivity index (χ3n) is 2.63. The fourth-order valence-corrected chi connectivity index (χ4v) is 2.49. The Morgan fingerprint density at radius 1 is 1.62 bits per heavy atom. The van der Waals surface area contributed by atoms with Gasteiger partial charge in [-0.15, -0.1) is 0 Å². The van der Waals surface area contributed by atoms with E-state index in [4.69, 9.17) is 10.5 Å². The second kappa shape index (κ2) is 4.22. The molecule has 0 saturated carbocycles. The summed E-state index contributed by atoms with van der Waals surface area (Å²) in [5.74, 6) is 0.517. The van der Waals surface area contributed by atoms with Crippen LogP contribution in [0.4, 0.5) is 0 Å². The van der Waals surface area contributed by atoms with Gasteiger partial charge in [0.2, 0.25) is 0 Å². The molecule has 3 heteroatoms. The first-order valence-corrected chi connectivity index (χ1v) is 5.67. The highest BCUT2D eigenvalue weighted by Gasteiger charge is 2.22. The molecule has 0 aliphatic carbocycles. The molecule has 1 aliphatic rings. The summed E-state index contributed by atoms with van der Waals surface area (Å²) in [6.07, 6.45) is 2.36. The summed E-state index contributed by atoms with van der Waals surface area (Å²) in [5.41, 5.74) is 7.41. The van der Waals surface area contributed by atoms with E-state index in [1.807, 2.05) is 0 Å². The number of ether oxygens (including phenoxy) is 1. The Hall–Kier alpha value is -0.380. The van der Waals surface area contributed by atoms with Crippen LogP contribution in [0.3, 0.4) is 0 Å². The van der Waals surface area contributed by atoms with Crippen molar-refractivity contribution < 1.29 is 4.74 Å². The molecule has 2 heterocycles. The normalized spacial score (nSPS) is 25.8. The Labute approximate surface area is 82.7 Å². The molecule has 2 unspecified atom stereocenters. The molecule has 0 aromatic carbocycles. The maximum absolute atomic E-state index is 6.14. The zero-order valence-electron chi connectivity index (χ0n) is 7.61. The summed E-state index contributed by atoms with van der Waals surface area (Å²) in [6.45, 7) is 1.74. The quantitative estimate of drug-likeness (QED) is 0.788. The van der Waals surface area contributed by atoms with E-state index in [-0.39, 0.29) is 6.04 Å². The van der Waals surface area contributed by atoms with E-state index in [0.717, 1.165) is 19.6 Å². The van der Waals surface area contributed by atoms with Gasteiger partial charge < -0.3 is 10.5 Å².